The molecule has 0 spiro atoms. The quantitative estimate of drug-likeness (QED) is 0.596. The summed E-state index contributed by atoms with van der Waals surface area (Å²) < 4.78 is 0. The molecule has 0 aromatic heterocycles. The summed E-state index contributed by atoms with van der Waals surface area (Å²) in [5, 5.41) is 10.6. The zero-order valence-corrected chi connectivity index (χ0v) is 16.5. The van der Waals surface area contributed by atoms with Crippen molar-refractivity contribution in [2.24, 2.45) is 23.7 Å². The van der Waals surface area contributed by atoms with Crippen LogP contribution >= 0.6 is 0 Å². The number of hydrogen-bond donors (Lipinski definition) is 1. The third kappa shape index (κ3) is 12.4. The molecule has 0 aromatic carbocycles. The summed E-state index contributed by atoms with van der Waals surface area (Å²) in [5.41, 5.74) is 0. The van der Waals surface area contributed by atoms with E-state index in [0.29, 0.717) is 23.7 Å². The fraction of sp³-hybridized carbons (Fsp3) is 1.00. The van der Waals surface area contributed by atoms with Gasteiger partial charge in [-0.25, -0.2) is 0 Å². The molecule has 0 bridgehead atoms. The monoisotopic (exact) mass is 314 g/mol. The van der Waals surface area contributed by atoms with Crippen molar-refractivity contribution >= 4 is 0 Å². The molecule has 0 aliphatic rings. The van der Waals surface area contributed by atoms with Crippen LogP contribution in [0.5, 0.6) is 0 Å². The van der Waals surface area contributed by atoms with Gasteiger partial charge in [0.2, 0.25) is 0 Å². The lowest BCUT2D eigenvalue weighted by atomic mass is 10.1. The summed E-state index contributed by atoms with van der Waals surface area (Å²) in [6.07, 6.45) is -0.255. The highest BCUT2D eigenvalue weighted by molar-refractivity contribution is 4.73. The minimum atomic E-state index is -0.255. The van der Waals surface area contributed by atoms with Crippen molar-refractivity contribution in [3.63, 3.8) is 0 Å². The highest BCUT2D eigenvalue weighted by Crippen LogP contribution is 2.08. The van der Waals surface area contributed by atoms with E-state index in [1.165, 1.54) is 0 Å². The molecule has 22 heavy (non-hydrogen) atoms. The maximum absolute atomic E-state index is 10.6. The Hall–Kier alpha value is -0.120. The van der Waals surface area contributed by atoms with Gasteiger partial charge in [-0.1, -0.05) is 55.4 Å². The number of nitrogens with zero attached hydrogens (tertiary/aromatic N) is 2. The second-order valence-electron chi connectivity index (χ2n) is 8.67. The van der Waals surface area contributed by atoms with Crippen molar-refractivity contribution in [1.82, 2.24) is 9.80 Å². The zero-order valence-electron chi connectivity index (χ0n) is 16.5. The predicted octanol–water partition coefficient (Wildman–Crippen LogP) is 3.58. The molecule has 3 nitrogen and oxygen atoms in total. The summed E-state index contributed by atoms with van der Waals surface area (Å²) in [6.45, 7) is 23.9. The molecule has 0 aromatic rings. The first kappa shape index (κ1) is 21.9. The SMILES string of the molecule is CC(C)CN(CC(C)C)CC(O)CN(CC(C)C)CC(C)C. The summed E-state index contributed by atoms with van der Waals surface area (Å²) in [4.78, 5) is 4.87. The molecule has 0 rings (SSSR count). The lowest BCUT2D eigenvalue weighted by molar-refractivity contribution is 0.0581. The van der Waals surface area contributed by atoms with E-state index >= 15 is 0 Å². The second kappa shape index (κ2) is 11.4. The Balaban J connectivity index is 4.50. The Labute approximate surface area is 140 Å². The molecule has 0 radical (unpaired) electrons. The predicted molar refractivity (Wildman–Crippen MR) is 98.2 cm³/mol. The van der Waals surface area contributed by atoms with Gasteiger partial charge in [0.15, 0.2) is 0 Å². The van der Waals surface area contributed by atoms with Crippen LogP contribution in [0.15, 0.2) is 0 Å². The first-order valence-electron chi connectivity index (χ1n) is 9.22. The minimum Gasteiger partial charge on any atom is -0.390 e. The molecule has 0 fully saturated rings. The van der Waals surface area contributed by atoms with E-state index in [-0.39, 0.29) is 6.10 Å². The van der Waals surface area contributed by atoms with Crippen LogP contribution in [-0.2, 0) is 0 Å². The Morgan fingerprint density at radius 3 is 0.909 bits per heavy atom. The van der Waals surface area contributed by atoms with E-state index in [2.05, 4.69) is 65.2 Å². The maximum Gasteiger partial charge on any atom is 0.0793 e. The second-order valence-corrected chi connectivity index (χ2v) is 8.67. The molecule has 0 amide bonds. The van der Waals surface area contributed by atoms with Gasteiger partial charge in [0.05, 0.1) is 6.10 Å². The standard InChI is InChI=1S/C19H42N2O/c1-15(2)9-20(10-16(3)4)13-19(22)14-21(11-17(5)6)12-18(7)8/h15-19,22H,9-14H2,1-8H3. The third-order valence-corrected chi connectivity index (χ3v) is 3.43. The fourth-order valence-electron chi connectivity index (χ4n) is 3.17. The average molecular weight is 315 g/mol. The summed E-state index contributed by atoms with van der Waals surface area (Å²) in [5.74, 6) is 2.59. The van der Waals surface area contributed by atoms with E-state index in [9.17, 15) is 5.11 Å². The molecule has 0 unspecified atom stereocenters. The lowest BCUT2D eigenvalue weighted by Gasteiger charge is -2.32. The molecular formula is C19H42N2O. The average Bonchev–Trinajstić information content (AvgIpc) is 2.23. The first-order valence-corrected chi connectivity index (χ1v) is 9.22. The molecular weight excluding hydrogens is 272 g/mol. The van der Waals surface area contributed by atoms with Crippen LogP contribution in [0.3, 0.4) is 0 Å². The summed E-state index contributed by atoms with van der Waals surface area (Å²) in [7, 11) is 0. The van der Waals surface area contributed by atoms with Crippen LogP contribution in [0.25, 0.3) is 0 Å². The summed E-state index contributed by atoms with van der Waals surface area (Å²) >= 11 is 0. The van der Waals surface area contributed by atoms with Crippen LogP contribution in [0.4, 0.5) is 0 Å². The Morgan fingerprint density at radius 1 is 0.500 bits per heavy atom. The highest BCUT2D eigenvalue weighted by atomic mass is 16.3. The topological polar surface area (TPSA) is 26.7 Å². The zero-order chi connectivity index (χ0) is 17.3. The molecule has 0 atom stereocenters. The Kier molecular flexibility index (Phi) is 11.4. The van der Waals surface area contributed by atoms with Crippen molar-refractivity contribution in [3.05, 3.63) is 0 Å². The van der Waals surface area contributed by atoms with Crippen molar-refractivity contribution in [2.75, 3.05) is 39.3 Å². The summed E-state index contributed by atoms with van der Waals surface area (Å²) in [6, 6.07) is 0. The minimum absolute atomic E-state index is 0.255. The van der Waals surface area contributed by atoms with Crippen LogP contribution in [0.2, 0.25) is 0 Å². The van der Waals surface area contributed by atoms with E-state index < -0.39 is 0 Å². The molecule has 3 heteroatoms. The van der Waals surface area contributed by atoms with E-state index in [0.717, 1.165) is 39.3 Å². The van der Waals surface area contributed by atoms with Crippen LogP contribution in [-0.4, -0.2) is 60.3 Å². The van der Waals surface area contributed by atoms with Gasteiger partial charge in [0, 0.05) is 39.3 Å². The first-order chi connectivity index (χ1) is 10.1. The van der Waals surface area contributed by atoms with E-state index in [1.807, 2.05) is 0 Å². The highest BCUT2D eigenvalue weighted by Gasteiger charge is 2.18. The molecule has 0 aliphatic heterocycles. The van der Waals surface area contributed by atoms with Gasteiger partial charge in [0.25, 0.3) is 0 Å². The number of hydrogen-bond acceptors (Lipinski definition) is 3. The Morgan fingerprint density at radius 2 is 0.727 bits per heavy atom. The van der Waals surface area contributed by atoms with Crippen molar-refractivity contribution in [2.45, 2.75) is 61.5 Å². The van der Waals surface area contributed by atoms with Crippen LogP contribution in [0.1, 0.15) is 55.4 Å². The molecule has 0 saturated carbocycles. The number of aliphatic hydroxyl groups is 1. The largest absolute Gasteiger partial charge is 0.390 e. The van der Waals surface area contributed by atoms with E-state index in [1.54, 1.807) is 0 Å². The molecule has 0 saturated heterocycles. The third-order valence-electron chi connectivity index (χ3n) is 3.43. The number of rotatable bonds is 12. The maximum atomic E-state index is 10.6. The van der Waals surface area contributed by atoms with E-state index in [4.69, 9.17) is 0 Å². The normalized spacial score (nSPS) is 13.1. The van der Waals surface area contributed by atoms with Crippen molar-refractivity contribution in [3.8, 4) is 0 Å². The Bertz CT molecular complexity index is 218. The molecule has 1 N–H and O–H groups in total. The van der Waals surface area contributed by atoms with Gasteiger partial charge < -0.3 is 14.9 Å². The fourth-order valence-corrected chi connectivity index (χ4v) is 3.17. The molecule has 0 heterocycles. The van der Waals surface area contributed by atoms with Crippen LogP contribution < -0.4 is 0 Å². The van der Waals surface area contributed by atoms with Gasteiger partial charge in [-0.15, -0.1) is 0 Å². The molecule has 0 aliphatic carbocycles. The van der Waals surface area contributed by atoms with Gasteiger partial charge in [-0.2, -0.15) is 0 Å². The molecule has 134 valence electrons. The number of aliphatic hydroxyl groups excluding tert-OH is 1. The van der Waals surface area contributed by atoms with Gasteiger partial charge in [-0.3, -0.25) is 0 Å². The van der Waals surface area contributed by atoms with Gasteiger partial charge in [-0.05, 0) is 23.7 Å². The van der Waals surface area contributed by atoms with Crippen LogP contribution in [0, 0.1) is 23.7 Å². The van der Waals surface area contributed by atoms with Gasteiger partial charge in [0.1, 0.15) is 0 Å². The van der Waals surface area contributed by atoms with Crippen molar-refractivity contribution in [1.29, 1.82) is 0 Å². The lowest BCUT2D eigenvalue weighted by Crippen LogP contribution is -2.44. The van der Waals surface area contributed by atoms with Crippen molar-refractivity contribution < 1.29 is 5.11 Å². The smallest absolute Gasteiger partial charge is 0.0793 e. The van der Waals surface area contributed by atoms with Gasteiger partial charge >= 0.3 is 0 Å².